The van der Waals surface area contributed by atoms with Crippen LogP contribution >= 0.6 is 11.8 Å². The molecule has 118 valence electrons. The van der Waals surface area contributed by atoms with Gasteiger partial charge < -0.3 is 5.32 Å². The summed E-state index contributed by atoms with van der Waals surface area (Å²) < 4.78 is 0. The maximum absolute atomic E-state index is 4.60. The van der Waals surface area contributed by atoms with Crippen LogP contribution in [0.1, 0.15) is 71.3 Å². The lowest BCUT2D eigenvalue weighted by Crippen LogP contribution is -2.16. The summed E-state index contributed by atoms with van der Waals surface area (Å²) in [5.74, 6) is 2.35. The second kappa shape index (κ2) is 8.02. The van der Waals surface area contributed by atoms with E-state index < -0.39 is 0 Å². The van der Waals surface area contributed by atoms with E-state index in [0.29, 0.717) is 5.92 Å². The molecule has 4 heteroatoms. The summed E-state index contributed by atoms with van der Waals surface area (Å²) in [6.45, 7) is 10.0. The largest absolute Gasteiger partial charge is 0.370 e. The molecule has 2 atom stereocenters. The number of nitrogens with one attached hydrogen (secondary N) is 1. The summed E-state index contributed by atoms with van der Waals surface area (Å²) in [5, 5.41) is 5.38. The molecule has 1 aromatic rings. The van der Waals surface area contributed by atoms with Gasteiger partial charge >= 0.3 is 0 Å². The topological polar surface area (TPSA) is 37.8 Å². The van der Waals surface area contributed by atoms with Crippen molar-refractivity contribution in [3.05, 3.63) is 11.9 Å². The van der Waals surface area contributed by atoms with Gasteiger partial charge in [-0.05, 0) is 31.1 Å². The fourth-order valence-corrected chi connectivity index (χ4v) is 4.61. The fraction of sp³-hybridized carbons (Fsp3) is 0.765. The molecule has 1 aliphatic rings. The highest BCUT2D eigenvalue weighted by molar-refractivity contribution is 7.99. The molecule has 1 saturated carbocycles. The minimum absolute atomic E-state index is 0.453. The van der Waals surface area contributed by atoms with Crippen molar-refractivity contribution < 1.29 is 0 Å². The third-order valence-electron chi connectivity index (χ3n) is 4.13. The van der Waals surface area contributed by atoms with Crippen LogP contribution in [-0.4, -0.2) is 21.8 Å². The Morgan fingerprint density at radius 1 is 1.33 bits per heavy atom. The zero-order valence-electron chi connectivity index (χ0n) is 13.9. The van der Waals surface area contributed by atoms with Crippen LogP contribution in [-0.2, 0) is 0 Å². The van der Waals surface area contributed by atoms with Gasteiger partial charge in [0.05, 0.1) is 0 Å². The van der Waals surface area contributed by atoms with E-state index in [1.54, 1.807) is 6.33 Å². The molecule has 1 aliphatic carbocycles. The normalized spacial score (nSPS) is 22.5. The summed E-state index contributed by atoms with van der Waals surface area (Å²) >= 11 is 1.98. The van der Waals surface area contributed by atoms with Crippen molar-refractivity contribution in [2.24, 2.45) is 5.92 Å². The van der Waals surface area contributed by atoms with E-state index in [9.17, 15) is 0 Å². The number of aromatic nitrogens is 2. The van der Waals surface area contributed by atoms with Gasteiger partial charge in [0.1, 0.15) is 17.2 Å². The molecule has 0 aromatic carbocycles. The molecule has 1 N–H and O–H groups in total. The van der Waals surface area contributed by atoms with E-state index in [1.165, 1.54) is 36.3 Å². The lowest BCUT2D eigenvalue weighted by molar-refractivity contribution is 0.394. The predicted molar refractivity (Wildman–Crippen MR) is 92.2 cm³/mol. The zero-order chi connectivity index (χ0) is 15.2. The molecular formula is C17H29N3S. The number of rotatable bonds is 6. The van der Waals surface area contributed by atoms with Crippen molar-refractivity contribution in [2.45, 2.75) is 76.0 Å². The molecule has 1 heterocycles. The molecule has 1 aromatic heterocycles. The Morgan fingerprint density at radius 2 is 2.14 bits per heavy atom. The fourth-order valence-electron chi connectivity index (χ4n) is 3.02. The Hall–Kier alpha value is -0.770. The van der Waals surface area contributed by atoms with Crippen LogP contribution in [0.5, 0.6) is 0 Å². The first-order valence-corrected chi connectivity index (χ1v) is 9.25. The average Bonchev–Trinajstić information content (AvgIpc) is 2.45. The van der Waals surface area contributed by atoms with Crippen molar-refractivity contribution in [1.29, 1.82) is 0 Å². The van der Waals surface area contributed by atoms with Gasteiger partial charge in [-0.15, -0.1) is 11.8 Å². The van der Waals surface area contributed by atoms with Gasteiger partial charge in [-0.25, -0.2) is 9.97 Å². The first-order valence-electron chi connectivity index (χ1n) is 8.37. The van der Waals surface area contributed by atoms with Gasteiger partial charge in [0.25, 0.3) is 0 Å². The number of hydrogen-bond acceptors (Lipinski definition) is 4. The molecule has 0 saturated heterocycles. The highest BCUT2D eigenvalue weighted by atomic mass is 32.2. The van der Waals surface area contributed by atoms with Crippen molar-refractivity contribution in [3.63, 3.8) is 0 Å². The minimum atomic E-state index is 0.453. The summed E-state index contributed by atoms with van der Waals surface area (Å²) in [4.78, 5) is 9.07. The summed E-state index contributed by atoms with van der Waals surface area (Å²) in [7, 11) is 0. The quantitative estimate of drug-likeness (QED) is 0.743. The standard InChI is InChI=1S/C17H29N3S/c1-5-9-18-16-15(12(2)3)17(20-11-19-16)21-14-8-6-7-13(4)10-14/h11-14H,5-10H2,1-4H3,(H,18,19,20). The summed E-state index contributed by atoms with van der Waals surface area (Å²) in [5.41, 5.74) is 1.30. The molecule has 0 amide bonds. The number of thioether (sulfide) groups is 1. The van der Waals surface area contributed by atoms with Crippen LogP contribution in [0.4, 0.5) is 5.82 Å². The van der Waals surface area contributed by atoms with E-state index >= 15 is 0 Å². The van der Waals surface area contributed by atoms with Crippen LogP contribution in [0.25, 0.3) is 0 Å². The van der Waals surface area contributed by atoms with E-state index in [2.05, 4.69) is 43.0 Å². The van der Waals surface area contributed by atoms with Crippen LogP contribution in [0.2, 0.25) is 0 Å². The van der Waals surface area contributed by atoms with Gasteiger partial charge in [0.15, 0.2) is 0 Å². The monoisotopic (exact) mass is 307 g/mol. The predicted octanol–water partition coefficient (Wildman–Crippen LogP) is 5.09. The molecule has 0 radical (unpaired) electrons. The second-order valence-electron chi connectivity index (χ2n) is 6.53. The Morgan fingerprint density at radius 3 is 2.81 bits per heavy atom. The highest BCUT2D eigenvalue weighted by Gasteiger charge is 2.23. The maximum Gasteiger partial charge on any atom is 0.133 e. The third kappa shape index (κ3) is 4.60. The molecule has 0 aliphatic heterocycles. The molecular weight excluding hydrogens is 278 g/mol. The molecule has 21 heavy (non-hydrogen) atoms. The summed E-state index contributed by atoms with van der Waals surface area (Å²) in [6.07, 6.45) is 8.24. The van der Waals surface area contributed by atoms with Crippen LogP contribution < -0.4 is 5.32 Å². The molecule has 0 bridgehead atoms. The Bertz CT molecular complexity index is 448. The third-order valence-corrected chi connectivity index (χ3v) is 5.44. The SMILES string of the molecule is CCCNc1ncnc(SC2CCCC(C)C2)c1C(C)C. The molecule has 0 spiro atoms. The Labute approximate surface area is 133 Å². The lowest BCUT2D eigenvalue weighted by Gasteiger charge is -2.27. The maximum atomic E-state index is 4.60. The van der Waals surface area contributed by atoms with E-state index in [-0.39, 0.29) is 0 Å². The zero-order valence-corrected chi connectivity index (χ0v) is 14.7. The van der Waals surface area contributed by atoms with Gasteiger partial charge in [-0.3, -0.25) is 0 Å². The van der Waals surface area contributed by atoms with Crippen LogP contribution in [0.3, 0.4) is 0 Å². The van der Waals surface area contributed by atoms with Crippen molar-refractivity contribution in [3.8, 4) is 0 Å². The first-order chi connectivity index (χ1) is 10.1. The highest BCUT2D eigenvalue weighted by Crippen LogP contribution is 2.39. The van der Waals surface area contributed by atoms with Crippen molar-refractivity contribution in [1.82, 2.24) is 9.97 Å². The van der Waals surface area contributed by atoms with Crippen LogP contribution in [0.15, 0.2) is 11.4 Å². The lowest BCUT2D eigenvalue weighted by atomic mass is 9.91. The van der Waals surface area contributed by atoms with Gasteiger partial charge in [-0.1, -0.05) is 40.5 Å². The van der Waals surface area contributed by atoms with E-state index in [4.69, 9.17) is 0 Å². The van der Waals surface area contributed by atoms with E-state index in [1.807, 2.05) is 11.8 Å². The molecule has 1 fully saturated rings. The van der Waals surface area contributed by atoms with Gasteiger partial charge in [0.2, 0.25) is 0 Å². The Balaban J connectivity index is 2.17. The molecule has 2 unspecified atom stereocenters. The summed E-state index contributed by atoms with van der Waals surface area (Å²) in [6, 6.07) is 0. The molecule has 3 nitrogen and oxygen atoms in total. The average molecular weight is 308 g/mol. The minimum Gasteiger partial charge on any atom is -0.370 e. The number of hydrogen-bond donors (Lipinski definition) is 1. The first kappa shape index (κ1) is 16.6. The van der Waals surface area contributed by atoms with E-state index in [0.717, 1.165) is 30.0 Å². The van der Waals surface area contributed by atoms with Crippen molar-refractivity contribution in [2.75, 3.05) is 11.9 Å². The second-order valence-corrected chi connectivity index (χ2v) is 7.82. The van der Waals surface area contributed by atoms with Gasteiger partial charge in [0, 0.05) is 17.4 Å². The van der Waals surface area contributed by atoms with Crippen molar-refractivity contribution >= 4 is 17.6 Å². The van der Waals surface area contributed by atoms with Gasteiger partial charge in [-0.2, -0.15) is 0 Å². The Kier molecular flexibility index (Phi) is 6.34. The smallest absolute Gasteiger partial charge is 0.133 e. The number of nitrogens with zero attached hydrogens (tertiary/aromatic N) is 2. The number of anilines is 1. The van der Waals surface area contributed by atoms with Crippen LogP contribution in [0, 0.1) is 5.92 Å². The molecule has 2 rings (SSSR count).